The van der Waals surface area contributed by atoms with E-state index in [2.05, 4.69) is 0 Å². The van der Waals surface area contributed by atoms with Crippen molar-refractivity contribution in [2.45, 2.75) is 44.6 Å². The van der Waals surface area contributed by atoms with Gasteiger partial charge < -0.3 is 10.5 Å². The fraction of sp³-hybridized carbons (Fsp3) is 1.00. The van der Waals surface area contributed by atoms with Crippen molar-refractivity contribution in [1.29, 1.82) is 0 Å². The molecule has 70 valence electrons. The van der Waals surface area contributed by atoms with E-state index in [0.29, 0.717) is 11.5 Å². The van der Waals surface area contributed by atoms with Crippen LogP contribution in [0.2, 0.25) is 0 Å². The summed E-state index contributed by atoms with van der Waals surface area (Å²) in [7, 11) is 0. The van der Waals surface area contributed by atoms with Gasteiger partial charge in [0.2, 0.25) is 0 Å². The Morgan fingerprint density at radius 2 is 2.08 bits per heavy atom. The Labute approximate surface area is 74.5 Å². The highest BCUT2D eigenvalue weighted by molar-refractivity contribution is 4.95. The minimum atomic E-state index is 0.389. The number of ether oxygens (including phenoxy) is 1. The molecule has 2 aliphatic rings. The van der Waals surface area contributed by atoms with E-state index >= 15 is 0 Å². The largest absolute Gasteiger partial charge is 0.378 e. The van der Waals surface area contributed by atoms with Crippen LogP contribution in [0.4, 0.5) is 0 Å². The van der Waals surface area contributed by atoms with Gasteiger partial charge in [0.25, 0.3) is 0 Å². The maximum atomic E-state index is 5.82. The molecule has 2 fully saturated rings. The standard InChI is InChI=1S/C10H19NO/c11-8-10(5-3-6-10)9-4-1-2-7-12-9/h9H,1-8,11H2/t9-/m0/s1. The second kappa shape index (κ2) is 3.35. The van der Waals surface area contributed by atoms with Crippen molar-refractivity contribution < 1.29 is 4.74 Å². The molecule has 0 aromatic heterocycles. The molecule has 0 amide bonds. The van der Waals surface area contributed by atoms with Crippen LogP contribution in [-0.2, 0) is 4.74 Å². The van der Waals surface area contributed by atoms with Crippen LogP contribution in [0.15, 0.2) is 0 Å². The molecule has 0 unspecified atom stereocenters. The van der Waals surface area contributed by atoms with E-state index in [0.717, 1.165) is 13.2 Å². The van der Waals surface area contributed by atoms with Gasteiger partial charge in [0.1, 0.15) is 0 Å². The Hall–Kier alpha value is -0.0800. The monoisotopic (exact) mass is 169 g/mol. The van der Waals surface area contributed by atoms with E-state index in [-0.39, 0.29) is 0 Å². The van der Waals surface area contributed by atoms with Crippen molar-refractivity contribution >= 4 is 0 Å². The SMILES string of the molecule is NCC1([C@@H]2CCCCO2)CCC1. The van der Waals surface area contributed by atoms with Gasteiger partial charge >= 0.3 is 0 Å². The van der Waals surface area contributed by atoms with Crippen molar-refractivity contribution in [3.63, 3.8) is 0 Å². The summed E-state index contributed by atoms with van der Waals surface area (Å²) >= 11 is 0. The highest BCUT2D eigenvalue weighted by atomic mass is 16.5. The van der Waals surface area contributed by atoms with Gasteiger partial charge in [-0.2, -0.15) is 0 Å². The summed E-state index contributed by atoms with van der Waals surface area (Å²) in [6.45, 7) is 1.80. The van der Waals surface area contributed by atoms with E-state index in [1.807, 2.05) is 0 Å². The van der Waals surface area contributed by atoms with Crippen molar-refractivity contribution in [2.24, 2.45) is 11.1 Å². The van der Waals surface area contributed by atoms with Crippen LogP contribution < -0.4 is 5.73 Å². The van der Waals surface area contributed by atoms with Crippen molar-refractivity contribution in [1.82, 2.24) is 0 Å². The number of rotatable bonds is 2. The van der Waals surface area contributed by atoms with E-state index in [1.165, 1.54) is 38.5 Å². The minimum absolute atomic E-state index is 0.389. The molecule has 1 aliphatic heterocycles. The first-order valence-corrected chi connectivity index (χ1v) is 5.19. The third-order valence-corrected chi connectivity index (χ3v) is 3.62. The smallest absolute Gasteiger partial charge is 0.0643 e. The molecule has 1 saturated carbocycles. The summed E-state index contributed by atoms with van der Waals surface area (Å²) in [5, 5.41) is 0. The van der Waals surface area contributed by atoms with E-state index in [9.17, 15) is 0 Å². The van der Waals surface area contributed by atoms with Crippen molar-refractivity contribution in [3.05, 3.63) is 0 Å². The van der Waals surface area contributed by atoms with Gasteiger partial charge in [0.15, 0.2) is 0 Å². The summed E-state index contributed by atoms with van der Waals surface area (Å²) in [5.41, 5.74) is 6.21. The average Bonchev–Trinajstić information content (AvgIpc) is 2.05. The molecular formula is C10H19NO. The molecule has 2 rings (SSSR count). The fourth-order valence-corrected chi connectivity index (χ4v) is 2.51. The molecule has 1 aliphatic carbocycles. The Morgan fingerprint density at radius 3 is 2.50 bits per heavy atom. The lowest BCUT2D eigenvalue weighted by molar-refractivity contribution is -0.0988. The van der Waals surface area contributed by atoms with Gasteiger partial charge in [-0.15, -0.1) is 0 Å². The first kappa shape index (κ1) is 8.52. The predicted molar refractivity (Wildman–Crippen MR) is 48.9 cm³/mol. The molecule has 0 aromatic carbocycles. The third-order valence-electron chi connectivity index (χ3n) is 3.62. The molecule has 2 heteroatoms. The third kappa shape index (κ3) is 1.27. The lowest BCUT2D eigenvalue weighted by Crippen LogP contribution is -2.49. The van der Waals surface area contributed by atoms with Crippen LogP contribution in [0.3, 0.4) is 0 Å². The predicted octanol–water partition coefficient (Wildman–Crippen LogP) is 1.68. The number of hydrogen-bond acceptors (Lipinski definition) is 2. The summed E-state index contributed by atoms with van der Waals surface area (Å²) in [6, 6.07) is 0. The molecule has 1 atom stereocenters. The van der Waals surface area contributed by atoms with Crippen LogP contribution in [0.25, 0.3) is 0 Å². The quantitative estimate of drug-likeness (QED) is 0.682. The van der Waals surface area contributed by atoms with Crippen LogP contribution in [-0.4, -0.2) is 19.3 Å². The molecule has 1 saturated heterocycles. The minimum Gasteiger partial charge on any atom is -0.378 e. The van der Waals surface area contributed by atoms with E-state index in [1.54, 1.807) is 0 Å². The Bertz CT molecular complexity index is 142. The van der Waals surface area contributed by atoms with Gasteiger partial charge in [-0.3, -0.25) is 0 Å². The molecule has 0 bridgehead atoms. The average molecular weight is 169 g/mol. The molecule has 2 nitrogen and oxygen atoms in total. The van der Waals surface area contributed by atoms with Gasteiger partial charge in [-0.05, 0) is 32.1 Å². The van der Waals surface area contributed by atoms with Gasteiger partial charge in [-0.1, -0.05) is 6.42 Å². The Balaban J connectivity index is 1.95. The molecule has 2 N–H and O–H groups in total. The Morgan fingerprint density at radius 1 is 1.25 bits per heavy atom. The Kier molecular flexibility index (Phi) is 2.37. The maximum absolute atomic E-state index is 5.82. The fourth-order valence-electron chi connectivity index (χ4n) is 2.51. The van der Waals surface area contributed by atoms with E-state index < -0.39 is 0 Å². The van der Waals surface area contributed by atoms with Crippen LogP contribution in [0.1, 0.15) is 38.5 Å². The lowest BCUT2D eigenvalue weighted by Gasteiger charge is -2.48. The van der Waals surface area contributed by atoms with Gasteiger partial charge in [-0.25, -0.2) is 0 Å². The molecule has 1 heterocycles. The molecule has 0 spiro atoms. The van der Waals surface area contributed by atoms with Crippen LogP contribution in [0, 0.1) is 5.41 Å². The van der Waals surface area contributed by atoms with Gasteiger partial charge in [0.05, 0.1) is 6.10 Å². The van der Waals surface area contributed by atoms with Crippen molar-refractivity contribution in [3.8, 4) is 0 Å². The summed E-state index contributed by atoms with van der Waals surface area (Å²) in [6.07, 6.45) is 8.28. The lowest BCUT2D eigenvalue weighted by atomic mass is 9.64. The normalized spacial score (nSPS) is 34.2. The van der Waals surface area contributed by atoms with Gasteiger partial charge in [0, 0.05) is 18.6 Å². The van der Waals surface area contributed by atoms with E-state index in [4.69, 9.17) is 10.5 Å². The maximum Gasteiger partial charge on any atom is 0.0643 e. The molecular weight excluding hydrogens is 150 g/mol. The van der Waals surface area contributed by atoms with Crippen molar-refractivity contribution in [2.75, 3.05) is 13.2 Å². The molecule has 12 heavy (non-hydrogen) atoms. The summed E-state index contributed by atoms with van der Waals surface area (Å²) < 4.78 is 5.80. The second-order valence-electron chi connectivity index (χ2n) is 4.28. The first-order chi connectivity index (χ1) is 5.87. The molecule has 0 aromatic rings. The van der Waals surface area contributed by atoms with Crippen LogP contribution >= 0.6 is 0 Å². The molecule has 0 radical (unpaired) electrons. The highest BCUT2D eigenvalue weighted by Gasteiger charge is 2.43. The zero-order chi connectivity index (χ0) is 8.44. The zero-order valence-electron chi connectivity index (χ0n) is 7.72. The zero-order valence-corrected chi connectivity index (χ0v) is 7.72. The summed E-state index contributed by atoms with van der Waals surface area (Å²) in [4.78, 5) is 0. The highest BCUT2D eigenvalue weighted by Crippen LogP contribution is 2.46. The summed E-state index contributed by atoms with van der Waals surface area (Å²) in [5.74, 6) is 0. The number of nitrogens with two attached hydrogens (primary N) is 1. The van der Waals surface area contributed by atoms with Crippen LogP contribution in [0.5, 0.6) is 0 Å². The topological polar surface area (TPSA) is 35.2 Å². The second-order valence-corrected chi connectivity index (χ2v) is 4.28. The number of hydrogen-bond donors (Lipinski definition) is 1. The first-order valence-electron chi connectivity index (χ1n) is 5.19.